The first-order valence-electron chi connectivity index (χ1n) is 19.1. The summed E-state index contributed by atoms with van der Waals surface area (Å²) in [5.74, 6) is 0. The molecule has 0 amide bonds. The zero-order chi connectivity index (χ0) is 35.1. The quantitative estimate of drug-likeness (QED) is 0.198. The number of benzene rings is 4. The first-order chi connectivity index (χ1) is 23.6. The Labute approximate surface area is 301 Å². The van der Waals surface area contributed by atoms with Gasteiger partial charge in [0.15, 0.2) is 0 Å². The average Bonchev–Trinajstić information content (AvgIpc) is 3.48. The summed E-state index contributed by atoms with van der Waals surface area (Å²) in [7, 11) is 0. The van der Waals surface area contributed by atoms with Crippen LogP contribution in [0.1, 0.15) is 102 Å². The van der Waals surface area contributed by atoms with Gasteiger partial charge in [-0.15, -0.1) is 0 Å². The van der Waals surface area contributed by atoms with Crippen LogP contribution in [0, 0.1) is 30.1 Å². The molecule has 0 N–H and O–H groups in total. The van der Waals surface area contributed by atoms with E-state index in [0.717, 1.165) is 25.7 Å². The highest BCUT2D eigenvalue weighted by atomic mass is 15.2. The van der Waals surface area contributed by atoms with Crippen LogP contribution in [0.2, 0.25) is 0 Å². The lowest BCUT2D eigenvalue weighted by molar-refractivity contribution is 0.295. The summed E-state index contributed by atoms with van der Waals surface area (Å²) in [6.45, 7) is 24.4. The Morgan fingerprint density at radius 1 is 0.640 bits per heavy atom. The van der Waals surface area contributed by atoms with Gasteiger partial charge in [0, 0.05) is 34.1 Å². The van der Waals surface area contributed by atoms with E-state index in [2.05, 4.69) is 158 Å². The van der Waals surface area contributed by atoms with Gasteiger partial charge in [-0.2, -0.15) is 0 Å². The van der Waals surface area contributed by atoms with Crippen molar-refractivity contribution in [3.63, 3.8) is 0 Å². The van der Waals surface area contributed by atoms with E-state index in [1.54, 1.807) is 11.1 Å². The van der Waals surface area contributed by atoms with Crippen LogP contribution in [0.25, 0.3) is 0 Å². The molecule has 4 aromatic carbocycles. The summed E-state index contributed by atoms with van der Waals surface area (Å²) in [4.78, 5) is 5.39. The van der Waals surface area contributed by atoms with Gasteiger partial charge in [-0.3, -0.25) is 0 Å². The lowest BCUT2D eigenvalue weighted by Crippen LogP contribution is -2.58. The molecule has 3 heteroatoms. The van der Waals surface area contributed by atoms with E-state index in [1.165, 1.54) is 79.2 Å². The third-order valence-electron chi connectivity index (χ3n) is 12.8. The fourth-order valence-corrected chi connectivity index (χ4v) is 10.7. The Balaban J connectivity index is 1.45. The van der Waals surface area contributed by atoms with Gasteiger partial charge in [0.25, 0.3) is 6.71 Å². The van der Waals surface area contributed by atoms with Gasteiger partial charge < -0.3 is 9.80 Å². The summed E-state index contributed by atoms with van der Waals surface area (Å²) >= 11 is 0. The standard InChI is InChI=1S/C47H53BN2/c1-29-15-11-13-17-37(29)49-39-22-32-26-45(6,7)25-31(32)21-36(39)48-35-19-20-47(10)28-46(8,9)27-34(47)43(35)50(38-18-14-12-16-30(38)2)41-24-33(44(3,4)5)23-40(49)42(41)48/h11-19,21-24H,20,25-28H2,1-10H3. The summed E-state index contributed by atoms with van der Waals surface area (Å²) < 4.78 is 0. The van der Waals surface area contributed by atoms with Gasteiger partial charge in [0.2, 0.25) is 0 Å². The number of nitrogens with zero attached hydrogens (tertiary/aromatic N) is 2. The van der Waals surface area contributed by atoms with Crippen LogP contribution < -0.4 is 20.7 Å². The molecule has 2 aliphatic heterocycles. The molecule has 1 atom stereocenters. The molecule has 0 radical (unpaired) electrons. The fraction of sp³-hybridized carbons (Fsp3) is 0.404. The highest BCUT2D eigenvalue weighted by Gasteiger charge is 2.53. The van der Waals surface area contributed by atoms with Crippen molar-refractivity contribution in [1.29, 1.82) is 0 Å². The summed E-state index contributed by atoms with van der Waals surface area (Å²) in [5.41, 5.74) is 22.1. The maximum absolute atomic E-state index is 2.73. The summed E-state index contributed by atoms with van der Waals surface area (Å²) in [6.07, 6.45) is 8.45. The molecule has 3 aliphatic carbocycles. The van der Waals surface area contributed by atoms with Crippen molar-refractivity contribution in [3.05, 3.63) is 123 Å². The van der Waals surface area contributed by atoms with Crippen LogP contribution in [0.4, 0.5) is 28.4 Å². The molecule has 50 heavy (non-hydrogen) atoms. The number of para-hydroxylation sites is 2. The van der Waals surface area contributed by atoms with Crippen LogP contribution in [-0.4, -0.2) is 6.71 Å². The molecule has 1 fully saturated rings. The zero-order valence-electron chi connectivity index (χ0n) is 32.0. The lowest BCUT2D eigenvalue weighted by atomic mass is 9.31. The van der Waals surface area contributed by atoms with E-state index in [-0.39, 0.29) is 28.4 Å². The number of fused-ring (bicyclic) bond motifs is 6. The van der Waals surface area contributed by atoms with E-state index in [1.807, 2.05) is 0 Å². The molecular weight excluding hydrogens is 603 g/mol. The Hall–Kier alpha value is -3.98. The number of allylic oxidation sites excluding steroid dienone is 3. The molecule has 0 saturated heterocycles. The minimum absolute atomic E-state index is 0.0254. The van der Waals surface area contributed by atoms with Gasteiger partial charge >= 0.3 is 0 Å². The number of hydrogen-bond acceptors (Lipinski definition) is 2. The largest absolute Gasteiger partial charge is 0.311 e. The number of anilines is 5. The smallest absolute Gasteiger partial charge is 0.251 e. The van der Waals surface area contributed by atoms with Crippen molar-refractivity contribution in [2.24, 2.45) is 16.2 Å². The van der Waals surface area contributed by atoms with E-state index >= 15 is 0 Å². The molecule has 1 saturated carbocycles. The number of hydrogen-bond donors (Lipinski definition) is 0. The maximum atomic E-state index is 2.73. The van der Waals surface area contributed by atoms with Crippen molar-refractivity contribution in [2.45, 2.75) is 107 Å². The normalized spacial score (nSPS) is 22.5. The second-order valence-corrected chi connectivity index (χ2v) is 19.3. The van der Waals surface area contributed by atoms with Gasteiger partial charge in [-0.25, -0.2) is 0 Å². The van der Waals surface area contributed by atoms with Crippen molar-refractivity contribution >= 4 is 46.1 Å². The highest BCUT2D eigenvalue weighted by molar-refractivity contribution is 6.96. The minimum Gasteiger partial charge on any atom is -0.311 e. The molecule has 0 spiro atoms. The van der Waals surface area contributed by atoms with E-state index < -0.39 is 0 Å². The maximum Gasteiger partial charge on any atom is 0.251 e. The molecular formula is C47H53BN2. The molecule has 2 heterocycles. The number of aryl methyl sites for hydroxylation is 2. The Kier molecular flexibility index (Phi) is 6.59. The second-order valence-electron chi connectivity index (χ2n) is 19.3. The number of rotatable bonds is 2. The third-order valence-corrected chi connectivity index (χ3v) is 12.8. The lowest BCUT2D eigenvalue weighted by Gasteiger charge is -2.49. The summed E-state index contributed by atoms with van der Waals surface area (Å²) in [5, 5.41) is 0. The molecule has 0 bridgehead atoms. The van der Waals surface area contributed by atoms with Crippen molar-refractivity contribution in [2.75, 3.05) is 9.80 Å². The van der Waals surface area contributed by atoms with Crippen molar-refractivity contribution in [3.8, 4) is 0 Å². The third kappa shape index (κ3) is 4.61. The van der Waals surface area contributed by atoms with Crippen LogP contribution in [0.15, 0.2) is 95.6 Å². The molecule has 5 aliphatic rings. The van der Waals surface area contributed by atoms with Gasteiger partial charge in [-0.1, -0.05) is 104 Å². The molecule has 4 aromatic rings. The van der Waals surface area contributed by atoms with Crippen LogP contribution >= 0.6 is 0 Å². The monoisotopic (exact) mass is 656 g/mol. The van der Waals surface area contributed by atoms with Crippen LogP contribution in [-0.2, 0) is 18.3 Å². The van der Waals surface area contributed by atoms with Crippen LogP contribution in [0.3, 0.4) is 0 Å². The molecule has 9 rings (SSSR count). The summed E-state index contributed by atoms with van der Waals surface area (Å²) in [6, 6.07) is 28.5. The average molecular weight is 657 g/mol. The Morgan fingerprint density at radius 3 is 1.84 bits per heavy atom. The van der Waals surface area contributed by atoms with Gasteiger partial charge in [0.1, 0.15) is 0 Å². The van der Waals surface area contributed by atoms with Crippen LogP contribution in [0.5, 0.6) is 0 Å². The SMILES string of the molecule is Cc1ccccc1N1C2=C3CC(C)(C)CC3(C)CC=C2B2c3cc4c(cc3N(c3ccccc3C)c3cc(C(C)(C)C)cc1c32)CC(C)(C)C4. The predicted molar refractivity (Wildman–Crippen MR) is 215 cm³/mol. The molecule has 2 nitrogen and oxygen atoms in total. The second kappa shape index (κ2) is 10.3. The fourth-order valence-electron chi connectivity index (χ4n) is 10.7. The highest BCUT2D eigenvalue weighted by Crippen LogP contribution is 2.61. The Bertz CT molecular complexity index is 2190. The first-order valence-corrected chi connectivity index (χ1v) is 19.1. The van der Waals surface area contributed by atoms with Gasteiger partial charge in [0.05, 0.1) is 0 Å². The zero-order valence-corrected chi connectivity index (χ0v) is 32.0. The topological polar surface area (TPSA) is 6.48 Å². The van der Waals surface area contributed by atoms with Crippen molar-refractivity contribution < 1.29 is 0 Å². The Morgan fingerprint density at radius 2 is 1.22 bits per heavy atom. The first kappa shape index (κ1) is 32.0. The molecule has 0 aromatic heterocycles. The van der Waals surface area contributed by atoms with E-state index in [0.29, 0.717) is 0 Å². The van der Waals surface area contributed by atoms with Gasteiger partial charge in [-0.05, 0) is 148 Å². The van der Waals surface area contributed by atoms with E-state index in [4.69, 9.17) is 0 Å². The minimum atomic E-state index is -0.0254. The van der Waals surface area contributed by atoms with Crippen molar-refractivity contribution in [1.82, 2.24) is 0 Å². The molecule has 1 unspecified atom stereocenters. The predicted octanol–water partition coefficient (Wildman–Crippen LogP) is 11.2. The van der Waals surface area contributed by atoms with E-state index in [9.17, 15) is 0 Å². The molecule has 254 valence electrons.